The Labute approximate surface area is 93.6 Å². The molecule has 0 aliphatic rings. The van der Waals surface area contributed by atoms with Gasteiger partial charge < -0.3 is 9.84 Å². The van der Waals surface area contributed by atoms with Crippen LogP contribution >= 0.6 is 0 Å². The van der Waals surface area contributed by atoms with Gasteiger partial charge in [-0.2, -0.15) is 0 Å². The third-order valence-electron chi connectivity index (χ3n) is 2.15. The Bertz CT molecular complexity index is 420. The molecule has 0 bridgehead atoms. The molecule has 0 aromatic carbocycles. The molecule has 2 heterocycles. The monoisotopic (exact) mass is 216 g/mol. The van der Waals surface area contributed by atoms with E-state index < -0.39 is 6.29 Å². The Hall–Kier alpha value is -1.78. The summed E-state index contributed by atoms with van der Waals surface area (Å²) in [4.78, 5) is 7.78. The van der Waals surface area contributed by atoms with E-state index in [0.29, 0.717) is 12.2 Å². The van der Waals surface area contributed by atoms with Gasteiger partial charge in [-0.15, -0.1) is 0 Å². The Morgan fingerprint density at radius 2 is 1.56 bits per heavy atom. The third kappa shape index (κ3) is 2.85. The summed E-state index contributed by atoms with van der Waals surface area (Å²) >= 11 is 0. The molecule has 82 valence electrons. The van der Waals surface area contributed by atoms with E-state index in [-0.39, 0.29) is 0 Å². The van der Waals surface area contributed by atoms with E-state index in [1.165, 1.54) is 0 Å². The molecule has 2 aromatic heterocycles. The van der Waals surface area contributed by atoms with Crippen LogP contribution in [0, 0.1) is 0 Å². The number of pyridine rings is 2. The van der Waals surface area contributed by atoms with E-state index in [4.69, 9.17) is 4.74 Å². The molecule has 2 aromatic rings. The summed E-state index contributed by atoms with van der Waals surface area (Å²) in [6.07, 6.45) is 5.70. The molecule has 0 spiro atoms. The van der Waals surface area contributed by atoms with Gasteiger partial charge in [-0.3, -0.25) is 9.97 Å². The number of aromatic nitrogens is 2. The standard InChI is InChI=1S/C12H12N2O2/c15-12(11-3-7-14-8-4-11)16-9-10-1-5-13-6-2-10/h1-8,12,15H,9H2. The number of ether oxygens (including phenoxy) is 1. The largest absolute Gasteiger partial charge is 0.364 e. The van der Waals surface area contributed by atoms with Crippen molar-refractivity contribution >= 4 is 0 Å². The molecule has 16 heavy (non-hydrogen) atoms. The smallest absolute Gasteiger partial charge is 0.181 e. The first-order chi connectivity index (χ1) is 7.86. The summed E-state index contributed by atoms with van der Waals surface area (Å²) in [7, 11) is 0. The first-order valence-electron chi connectivity index (χ1n) is 4.95. The molecule has 0 saturated heterocycles. The van der Waals surface area contributed by atoms with Crippen LogP contribution in [0.1, 0.15) is 17.4 Å². The summed E-state index contributed by atoms with van der Waals surface area (Å²) in [5.41, 5.74) is 1.67. The van der Waals surface area contributed by atoms with Gasteiger partial charge >= 0.3 is 0 Å². The number of rotatable bonds is 4. The molecule has 0 saturated carbocycles. The van der Waals surface area contributed by atoms with Crippen molar-refractivity contribution in [2.45, 2.75) is 12.9 Å². The number of nitrogens with zero attached hydrogens (tertiary/aromatic N) is 2. The average Bonchev–Trinajstić information content (AvgIpc) is 2.38. The zero-order valence-corrected chi connectivity index (χ0v) is 8.65. The van der Waals surface area contributed by atoms with Gasteiger partial charge in [0.05, 0.1) is 6.61 Å². The van der Waals surface area contributed by atoms with E-state index in [2.05, 4.69) is 9.97 Å². The Balaban J connectivity index is 1.92. The van der Waals surface area contributed by atoms with E-state index in [1.54, 1.807) is 36.9 Å². The minimum atomic E-state index is -0.920. The second-order valence-electron chi connectivity index (χ2n) is 3.30. The van der Waals surface area contributed by atoms with Crippen molar-refractivity contribution in [2.24, 2.45) is 0 Å². The van der Waals surface area contributed by atoms with Gasteiger partial charge in [0, 0.05) is 30.4 Å². The minimum absolute atomic E-state index is 0.353. The summed E-state index contributed by atoms with van der Waals surface area (Å²) in [5.74, 6) is 0. The maximum atomic E-state index is 9.72. The van der Waals surface area contributed by atoms with Crippen LogP contribution in [-0.4, -0.2) is 15.1 Å². The van der Waals surface area contributed by atoms with Crippen LogP contribution in [0.2, 0.25) is 0 Å². The van der Waals surface area contributed by atoms with E-state index in [0.717, 1.165) is 5.56 Å². The molecule has 0 fully saturated rings. The molecular weight excluding hydrogens is 204 g/mol. The van der Waals surface area contributed by atoms with E-state index >= 15 is 0 Å². The molecule has 1 unspecified atom stereocenters. The Morgan fingerprint density at radius 1 is 1.00 bits per heavy atom. The number of hydrogen-bond acceptors (Lipinski definition) is 4. The molecule has 4 heteroatoms. The van der Waals surface area contributed by atoms with E-state index in [1.807, 2.05) is 12.1 Å². The van der Waals surface area contributed by atoms with Crippen molar-refractivity contribution in [3.05, 3.63) is 60.2 Å². The van der Waals surface area contributed by atoms with Crippen LogP contribution in [0.15, 0.2) is 49.1 Å². The minimum Gasteiger partial charge on any atom is -0.364 e. The molecule has 2 rings (SSSR count). The second-order valence-corrected chi connectivity index (χ2v) is 3.30. The van der Waals surface area contributed by atoms with E-state index in [9.17, 15) is 5.11 Å². The first kappa shape index (κ1) is 10.7. The van der Waals surface area contributed by atoms with Gasteiger partial charge in [0.1, 0.15) is 0 Å². The van der Waals surface area contributed by atoms with Crippen LogP contribution < -0.4 is 0 Å². The third-order valence-corrected chi connectivity index (χ3v) is 2.15. The maximum Gasteiger partial charge on any atom is 0.181 e. The SMILES string of the molecule is OC(OCc1ccncc1)c1ccncc1. The lowest BCUT2D eigenvalue weighted by Gasteiger charge is -2.11. The van der Waals surface area contributed by atoms with Gasteiger partial charge in [-0.25, -0.2) is 0 Å². The van der Waals surface area contributed by atoms with Gasteiger partial charge in [-0.05, 0) is 29.8 Å². The fourth-order valence-corrected chi connectivity index (χ4v) is 1.28. The Morgan fingerprint density at radius 3 is 2.19 bits per heavy atom. The predicted molar refractivity (Wildman–Crippen MR) is 58.2 cm³/mol. The van der Waals surface area contributed by atoms with Crippen LogP contribution in [-0.2, 0) is 11.3 Å². The molecule has 1 N–H and O–H groups in total. The van der Waals surface area contributed by atoms with Crippen molar-refractivity contribution in [1.29, 1.82) is 0 Å². The van der Waals surface area contributed by atoms with Gasteiger partial charge in [0.2, 0.25) is 0 Å². The highest BCUT2D eigenvalue weighted by Gasteiger charge is 2.06. The topological polar surface area (TPSA) is 55.2 Å². The molecule has 0 radical (unpaired) electrons. The van der Waals surface area contributed by atoms with Gasteiger partial charge in [-0.1, -0.05) is 0 Å². The number of aliphatic hydroxyl groups is 1. The lowest BCUT2D eigenvalue weighted by Crippen LogP contribution is -2.03. The number of aliphatic hydroxyl groups excluding tert-OH is 1. The average molecular weight is 216 g/mol. The first-order valence-corrected chi connectivity index (χ1v) is 4.95. The molecule has 0 aliphatic heterocycles. The van der Waals surface area contributed by atoms with Crippen molar-refractivity contribution in [1.82, 2.24) is 9.97 Å². The fourth-order valence-electron chi connectivity index (χ4n) is 1.28. The lowest BCUT2D eigenvalue weighted by molar-refractivity contribution is -0.112. The molecular formula is C12H12N2O2. The van der Waals surface area contributed by atoms with Crippen LogP contribution in [0.3, 0.4) is 0 Å². The molecule has 0 aliphatic carbocycles. The molecule has 1 atom stereocenters. The van der Waals surface area contributed by atoms with Crippen molar-refractivity contribution in [3.8, 4) is 0 Å². The summed E-state index contributed by atoms with van der Waals surface area (Å²) < 4.78 is 5.31. The van der Waals surface area contributed by atoms with Crippen molar-refractivity contribution in [3.63, 3.8) is 0 Å². The van der Waals surface area contributed by atoms with Crippen LogP contribution in [0.4, 0.5) is 0 Å². The highest BCUT2D eigenvalue weighted by atomic mass is 16.6. The lowest BCUT2D eigenvalue weighted by atomic mass is 10.2. The van der Waals surface area contributed by atoms with Crippen molar-refractivity contribution < 1.29 is 9.84 Å². The molecule has 0 amide bonds. The van der Waals surface area contributed by atoms with Crippen LogP contribution in [0.5, 0.6) is 0 Å². The fraction of sp³-hybridized carbons (Fsp3) is 0.167. The second kappa shape index (κ2) is 5.34. The zero-order chi connectivity index (χ0) is 11.2. The Kier molecular flexibility index (Phi) is 3.58. The summed E-state index contributed by atoms with van der Waals surface area (Å²) in [5, 5.41) is 9.72. The maximum absolute atomic E-state index is 9.72. The molecule has 4 nitrogen and oxygen atoms in total. The quantitative estimate of drug-likeness (QED) is 0.790. The zero-order valence-electron chi connectivity index (χ0n) is 8.65. The highest BCUT2D eigenvalue weighted by molar-refractivity contribution is 5.12. The highest BCUT2D eigenvalue weighted by Crippen LogP contribution is 2.14. The van der Waals surface area contributed by atoms with Crippen molar-refractivity contribution in [2.75, 3.05) is 0 Å². The summed E-state index contributed by atoms with van der Waals surface area (Å²) in [6, 6.07) is 7.13. The summed E-state index contributed by atoms with van der Waals surface area (Å²) in [6.45, 7) is 0.353. The van der Waals surface area contributed by atoms with Crippen LogP contribution in [0.25, 0.3) is 0 Å². The normalized spacial score (nSPS) is 12.3. The van der Waals surface area contributed by atoms with Gasteiger partial charge in [0.15, 0.2) is 6.29 Å². The number of hydrogen-bond donors (Lipinski definition) is 1. The van der Waals surface area contributed by atoms with Gasteiger partial charge in [0.25, 0.3) is 0 Å². The predicted octanol–water partition coefficient (Wildman–Crippen LogP) is 1.68.